The van der Waals surface area contributed by atoms with Crippen molar-refractivity contribution < 1.29 is 27.6 Å². The highest BCUT2D eigenvalue weighted by Gasteiger charge is 2.30. The first kappa shape index (κ1) is 26.6. The lowest BCUT2D eigenvalue weighted by atomic mass is 10.0. The predicted octanol–water partition coefficient (Wildman–Crippen LogP) is 2.25. The average molecular weight is 530 g/mol. The lowest BCUT2D eigenvalue weighted by Gasteiger charge is -2.15. The van der Waals surface area contributed by atoms with Crippen molar-refractivity contribution in [3.63, 3.8) is 0 Å². The van der Waals surface area contributed by atoms with E-state index in [2.05, 4.69) is 25.5 Å². The molecular formula is C25H31N5O6S. The zero-order valence-corrected chi connectivity index (χ0v) is 21.8. The van der Waals surface area contributed by atoms with Crippen molar-refractivity contribution in [3.8, 4) is 28.6 Å². The summed E-state index contributed by atoms with van der Waals surface area (Å²) in [6.45, 7) is 3.66. The molecule has 11 nitrogen and oxygen atoms in total. The fourth-order valence-corrected chi connectivity index (χ4v) is 5.54. The molecule has 0 bridgehead atoms. The monoisotopic (exact) mass is 529 g/mol. The Morgan fingerprint density at radius 1 is 1.27 bits per heavy atom. The number of benzene rings is 2. The van der Waals surface area contributed by atoms with E-state index in [-0.39, 0.29) is 19.3 Å². The number of fused-ring (bicyclic) bond motifs is 1. The van der Waals surface area contributed by atoms with Crippen LogP contribution < -0.4 is 20.1 Å². The van der Waals surface area contributed by atoms with Gasteiger partial charge in [-0.05, 0) is 56.0 Å². The zero-order valence-electron chi connectivity index (χ0n) is 20.9. The van der Waals surface area contributed by atoms with Crippen LogP contribution in [0.5, 0.6) is 5.75 Å². The molecule has 1 heterocycles. The summed E-state index contributed by atoms with van der Waals surface area (Å²) in [7, 11) is -2.06. The molecule has 0 unspecified atom stereocenters. The molecule has 0 spiro atoms. The number of anilines is 1. The van der Waals surface area contributed by atoms with Crippen LogP contribution in [0, 0.1) is 0 Å². The molecule has 4 rings (SSSR count). The molecule has 198 valence electrons. The van der Waals surface area contributed by atoms with Crippen LogP contribution in [0.15, 0.2) is 40.9 Å². The van der Waals surface area contributed by atoms with Crippen LogP contribution in [0.2, 0.25) is 0 Å². The van der Waals surface area contributed by atoms with E-state index in [9.17, 15) is 13.2 Å². The number of carbonyl (C=O) groups is 1. The number of aliphatic hydroxyl groups is 1. The standard InChI is InChI=1S/C25H31N5O6S/c1-15(2)35-22-10-7-16(13-21(22)26-3)25-28-24(29-36-25)19-6-4-5-18-17(19)8-9-20(18)30-37(33,34)14-23(32)27-11-12-31/h4-7,10,13,15,20,26,30-31H,8-9,11-12,14H2,1-3H3,(H,27,32)/t20-/m0/s1. The van der Waals surface area contributed by atoms with Gasteiger partial charge in [-0.25, -0.2) is 13.1 Å². The molecule has 1 amide bonds. The number of hydrogen-bond donors (Lipinski definition) is 4. The molecule has 4 N–H and O–H groups in total. The first-order chi connectivity index (χ1) is 17.7. The fraction of sp³-hybridized carbons (Fsp3) is 0.400. The van der Waals surface area contributed by atoms with Crippen molar-refractivity contribution in [2.75, 3.05) is 31.3 Å². The van der Waals surface area contributed by atoms with E-state index in [1.807, 2.05) is 57.3 Å². The summed E-state index contributed by atoms with van der Waals surface area (Å²) in [5, 5.41) is 18.5. The second kappa shape index (κ2) is 11.3. The first-order valence-electron chi connectivity index (χ1n) is 12.0. The highest BCUT2D eigenvalue weighted by molar-refractivity contribution is 7.90. The highest BCUT2D eigenvalue weighted by atomic mass is 32.2. The quantitative estimate of drug-likeness (QED) is 0.293. The van der Waals surface area contributed by atoms with Gasteiger partial charge in [0, 0.05) is 30.8 Å². The number of aliphatic hydroxyl groups excluding tert-OH is 1. The fourth-order valence-electron chi connectivity index (χ4n) is 4.33. The molecule has 0 fully saturated rings. The highest BCUT2D eigenvalue weighted by Crippen LogP contribution is 2.38. The maximum atomic E-state index is 12.5. The summed E-state index contributed by atoms with van der Waals surface area (Å²) in [4.78, 5) is 16.4. The Morgan fingerprint density at radius 3 is 2.81 bits per heavy atom. The lowest BCUT2D eigenvalue weighted by Crippen LogP contribution is -2.38. The van der Waals surface area contributed by atoms with Crippen LogP contribution >= 0.6 is 0 Å². The van der Waals surface area contributed by atoms with Gasteiger partial charge in [-0.1, -0.05) is 23.4 Å². The molecule has 12 heteroatoms. The number of nitrogens with one attached hydrogen (secondary N) is 3. The van der Waals surface area contributed by atoms with Gasteiger partial charge in [-0.2, -0.15) is 4.98 Å². The Balaban J connectivity index is 1.54. The van der Waals surface area contributed by atoms with Crippen LogP contribution in [0.4, 0.5) is 5.69 Å². The van der Waals surface area contributed by atoms with E-state index < -0.39 is 27.7 Å². The number of aromatic nitrogens is 2. The Kier molecular flexibility index (Phi) is 8.10. The van der Waals surface area contributed by atoms with E-state index in [1.54, 1.807) is 0 Å². The van der Waals surface area contributed by atoms with Crippen molar-refractivity contribution in [1.29, 1.82) is 0 Å². The molecule has 0 aliphatic heterocycles. The number of rotatable bonds is 11. The minimum absolute atomic E-state index is 0.00278. The number of carbonyl (C=O) groups excluding carboxylic acids is 1. The van der Waals surface area contributed by atoms with E-state index in [4.69, 9.17) is 14.4 Å². The molecule has 2 aromatic carbocycles. The Hall–Kier alpha value is -3.48. The van der Waals surface area contributed by atoms with Crippen molar-refractivity contribution in [2.45, 2.75) is 38.8 Å². The van der Waals surface area contributed by atoms with Crippen molar-refractivity contribution in [1.82, 2.24) is 20.2 Å². The topological polar surface area (TPSA) is 156 Å². The average Bonchev–Trinajstić information content (AvgIpc) is 3.50. The van der Waals surface area contributed by atoms with Gasteiger partial charge in [-0.15, -0.1) is 0 Å². The summed E-state index contributed by atoms with van der Waals surface area (Å²) in [6.07, 6.45) is 1.19. The first-order valence-corrected chi connectivity index (χ1v) is 13.7. The van der Waals surface area contributed by atoms with Crippen LogP contribution in [0.3, 0.4) is 0 Å². The van der Waals surface area contributed by atoms with Gasteiger partial charge < -0.3 is 25.0 Å². The van der Waals surface area contributed by atoms with Crippen molar-refractivity contribution in [3.05, 3.63) is 47.5 Å². The number of ether oxygens (including phenoxy) is 1. The van der Waals surface area contributed by atoms with Gasteiger partial charge in [0.2, 0.25) is 21.8 Å². The molecule has 37 heavy (non-hydrogen) atoms. The maximum Gasteiger partial charge on any atom is 0.258 e. The van der Waals surface area contributed by atoms with Gasteiger partial charge in [0.1, 0.15) is 11.5 Å². The third-order valence-corrected chi connectivity index (χ3v) is 7.16. The van der Waals surface area contributed by atoms with E-state index in [0.29, 0.717) is 24.6 Å². The van der Waals surface area contributed by atoms with E-state index in [1.165, 1.54) is 0 Å². The van der Waals surface area contributed by atoms with E-state index >= 15 is 0 Å². The van der Waals surface area contributed by atoms with Gasteiger partial charge in [-0.3, -0.25) is 4.79 Å². The van der Waals surface area contributed by atoms with E-state index in [0.717, 1.165) is 33.7 Å². The molecule has 1 aliphatic rings. The van der Waals surface area contributed by atoms with Gasteiger partial charge >= 0.3 is 0 Å². The predicted molar refractivity (Wildman–Crippen MR) is 139 cm³/mol. The summed E-state index contributed by atoms with van der Waals surface area (Å²) in [6, 6.07) is 10.7. The van der Waals surface area contributed by atoms with Gasteiger partial charge in [0.15, 0.2) is 0 Å². The second-order valence-corrected chi connectivity index (χ2v) is 10.7. The Bertz CT molecular complexity index is 1370. The second-order valence-electron chi connectivity index (χ2n) is 8.97. The molecule has 1 aliphatic carbocycles. The minimum atomic E-state index is -3.87. The third-order valence-electron chi connectivity index (χ3n) is 5.87. The lowest BCUT2D eigenvalue weighted by molar-refractivity contribution is -0.118. The minimum Gasteiger partial charge on any atom is -0.489 e. The van der Waals surface area contributed by atoms with Crippen LogP contribution in [-0.2, 0) is 21.2 Å². The summed E-state index contributed by atoms with van der Waals surface area (Å²) >= 11 is 0. The number of sulfonamides is 1. The summed E-state index contributed by atoms with van der Waals surface area (Å²) in [5.41, 5.74) is 4.05. The van der Waals surface area contributed by atoms with Crippen LogP contribution in [-0.4, -0.2) is 61.6 Å². The van der Waals surface area contributed by atoms with Crippen LogP contribution in [0.25, 0.3) is 22.8 Å². The third kappa shape index (κ3) is 6.27. The molecule has 1 atom stereocenters. The normalized spacial score (nSPS) is 15.0. The molecule has 3 aromatic rings. The number of amides is 1. The Morgan fingerprint density at radius 2 is 2.08 bits per heavy atom. The van der Waals surface area contributed by atoms with Gasteiger partial charge in [0.25, 0.3) is 5.89 Å². The molecule has 1 aromatic heterocycles. The van der Waals surface area contributed by atoms with Crippen molar-refractivity contribution >= 4 is 21.6 Å². The van der Waals surface area contributed by atoms with Gasteiger partial charge in [0.05, 0.1) is 18.4 Å². The van der Waals surface area contributed by atoms with Crippen molar-refractivity contribution in [2.24, 2.45) is 0 Å². The number of nitrogens with zero attached hydrogens (tertiary/aromatic N) is 2. The molecular weight excluding hydrogens is 498 g/mol. The molecule has 0 saturated carbocycles. The zero-order chi connectivity index (χ0) is 26.6. The summed E-state index contributed by atoms with van der Waals surface area (Å²) in [5.74, 6) is 0.110. The summed E-state index contributed by atoms with van der Waals surface area (Å²) < 4.78 is 39.1. The maximum absolute atomic E-state index is 12.5. The SMILES string of the molecule is CNc1cc(-c2nc(-c3cccc4c3CC[C@@H]4NS(=O)(=O)CC(=O)NCCO)no2)ccc1OC(C)C. The largest absolute Gasteiger partial charge is 0.489 e. The molecule has 0 saturated heterocycles. The smallest absolute Gasteiger partial charge is 0.258 e. The Labute approximate surface area is 215 Å². The number of hydrogen-bond acceptors (Lipinski definition) is 9. The van der Waals surface area contributed by atoms with Crippen LogP contribution in [0.1, 0.15) is 37.4 Å². The molecule has 0 radical (unpaired) electrons.